The molecule has 0 saturated heterocycles. The predicted molar refractivity (Wildman–Crippen MR) is 77.3 cm³/mol. The van der Waals surface area contributed by atoms with Gasteiger partial charge in [0.15, 0.2) is 0 Å². The number of hydrogen-bond donors (Lipinski definition) is 0. The number of carboxylic acid groups (broad SMARTS) is 2. The molecule has 0 aliphatic carbocycles. The van der Waals surface area contributed by atoms with Crippen molar-refractivity contribution < 1.29 is 51.1 Å². The van der Waals surface area contributed by atoms with Crippen molar-refractivity contribution in [3.63, 3.8) is 0 Å². The average molecular weight is 362 g/mol. The van der Waals surface area contributed by atoms with Gasteiger partial charge in [-0.25, -0.2) is 0 Å². The molecule has 7 heteroatoms. The summed E-state index contributed by atoms with van der Waals surface area (Å²) in [6, 6.07) is 0. The molecule has 130 valence electrons. The van der Waals surface area contributed by atoms with E-state index in [-0.39, 0.29) is 33.3 Å². The van der Waals surface area contributed by atoms with Crippen LogP contribution in [0.15, 0.2) is 0 Å². The predicted octanol–water partition coefficient (Wildman–Crippen LogP) is -0.0273. The van der Waals surface area contributed by atoms with Crippen LogP contribution in [0.25, 0.3) is 0 Å². The number of carboxylic acids is 2. The monoisotopic (exact) mass is 362 g/mol. The van der Waals surface area contributed by atoms with Crippen LogP contribution in [0, 0.1) is 22.7 Å². The van der Waals surface area contributed by atoms with Crippen LogP contribution < -0.4 is 10.2 Å². The van der Waals surface area contributed by atoms with E-state index in [1.807, 2.05) is 0 Å². The number of carbonyl (C=O) groups excluding carboxylic acids is 4. The number of ketones is 2. The summed E-state index contributed by atoms with van der Waals surface area (Å²) in [5.41, 5.74) is -1.20. The van der Waals surface area contributed by atoms with Crippen LogP contribution in [0.5, 0.6) is 0 Å². The van der Waals surface area contributed by atoms with Crippen LogP contribution in [0.2, 0.25) is 0 Å². The second-order valence-electron chi connectivity index (χ2n) is 7.31. The van der Waals surface area contributed by atoms with Gasteiger partial charge in [-0.1, -0.05) is 55.4 Å². The number of carbonyl (C=O) groups is 4. The van der Waals surface area contributed by atoms with Gasteiger partial charge in [0.1, 0.15) is 11.6 Å². The third-order valence-electron chi connectivity index (χ3n) is 2.97. The van der Waals surface area contributed by atoms with Crippen molar-refractivity contribution in [2.75, 3.05) is 0 Å². The van der Waals surface area contributed by atoms with E-state index in [1.54, 1.807) is 41.5 Å². The maximum absolute atomic E-state index is 11.2. The first-order valence-corrected chi connectivity index (χ1v) is 7.03. The van der Waals surface area contributed by atoms with Gasteiger partial charge < -0.3 is 19.8 Å². The summed E-state index contributed by atoms with van der Waals surface area (Å²) in [5.74, 6) is -5.20. The van der Waals surface area contributed by atoms with Crippen LogP contribution in [-0.2, 0) is 40.9 Å². The Labute approximate surface area is 152 Å². The van der Waals surface area contributed by atoms with Crippen LogP contribution in [0.1, 0.15) is 55.4 Å². The first-order chi connectivity index (χ1) is 9.53. The number of Topliss-reactive ketones (excluding diaryl/α,β-unsaturated/α-hetero) is 2. The van der Waals surface area contributed by atoms with Gasteiger partial charge in [0.2, 0.25) is 0 Å². The summed E-state index contributed by atoms with van der Waals surface area (Å²) in [5, 5.41) is 20.5. The molecule has 0 aromatic carbocycles. The van der Waals surface area contributed by atoms with E-state index in [0.29, 0.717) is 0 Å². The molecule has 0 heterocycles. The van der Waals surface area contributed by atoms with E-state index in [0.717, 1.165) is 0 Å². The Hall–Kier alpha value is -1.01. The van der Waals surface area contributed by atoms with Crippen molar-refractivity contribution in [2.45, 2.75) is 55.4 Å². The number of hydrogen-bond acceptors (Lipinski definition) is 6. The maximum Gasteiger partial charge on any atom is 2.00 e. The fourth-order valence-corrected chi connectivity index (χ4v) is 1.51. The second kappa shape index (κ2) is 9.98. The van der Waals surface area contributed by atoms with Gasteiger partial charge in [-0.2, -0.15) is 0 Å². The molecular formula is C16H26O6Ti. The first kappa shape index (κ1) is 26.9. The quantitative estimate of drug-likeness (QED) is 0.513. The molecule has 0 radical (unpaired) electrons. The van der Waals surface area contributed by atoms with E-state index in [9.17, 15) is 29.4 Å². The second-order valence-corrected chi connectivity index (χ2v) is 7.31. The molecule has 0 amide bonds. The smallest absolute Gasteiger partial charge is 0.549 e. The summed E-state index contributed by atoms with van der Waals surface area (Å²) in [7, 11) is 0. The number of rotatable bonds is 4. The zero-order valence-electron chi connectivity index (χ0n) is 15.1. The molecule has 0 N–H and O–H groups in total. The molecule has 2 atom stereocenters. The minimum Gasteiger partial charge on any atom is -0.549 e. The zero-order chi connectivity index (χ0) is 18.5. The molecule has 0 aromatic heterocycles. The summed E-state index contributed by atoms with van der Waals surface area (Å²) >= 11 is 0. The van der Waals surface area contributed by atoms with Crippen LogP contribution >= 0.6 is 0 Å². The molecule has 0 rings (SSSR count). The topological polar surface area (TPSA) is 114 Å². The molecule has 0 fully saturated rings. The standard InChI is InChI=1S/2C8H14O3.Ti/c2*1-5(7(10)11)6(9)8(2,3)4;/h2*5H,1-4H3,(H,10,11);/q;;+2/p-2. The molecule has 23 heavy (non-hydrogen) atoms. The Morgan fingerprint density at radius 2 is 0.826 bits per heavy atom. The van der Waals surface area contributed by atoms with E-state index in [4.69, 9.17) is 0 Å². The Morgan fingerprint density at radius 3 is 0.870 bits per heavy atom. The van der Waals surface area contributed by atoms with Gasteiger partial charge in [-0.15, -0.1) is 0 Å². The third kappa shape index (κ3) is 10.4. The van der Waals surface area contributed by atoms with E-state index in [1.165, 1.54) is 13.8 Å². The Balaban J connectivity index is -0.000000333. The largest absolute Gasteiger partial charge is 2.00 e. The molecule has 0 saturated carbocycles. The summed E-state index contributed by atoms with van der Waals surface area (Å²) in [6.45, 7) is 12.8. The molecular weight excluding hydrogens is 336 g/mol. The molecule has 0 spiro atoms. The summed E-state index contributed by atoms with van der Waals surface area (Å²) < 4.78 is 0. The average Bonchev–Trinajstić information content (AvgIpc) is 2.33. The minimum atomic E-state index is -1.30. The van der Waals surface area contributed by atoms with Gasteiger partial charge in [0.05, 0.1) is 23.8 Å². The molecule has 0 aromatic rings. The van der Waals surface area contributed by atoms with E-state index >= 15 is 0 Å². The van der Waals surface area contributed by atoms with Gasteiger partial charge >= 0.3 is 21.7 Å². The normalized spacial score (nSPS) is 13.6. The van der Waals surface area contributed by atoms with Gasteiger partial charge in [-0.05, 0) is 0 Å². The Bertz CT molecular complexity index is 400. The van der Waals surface area contributed by atoms with Crippen LogP contribution in [-0.4, -0.2) is 23.5 Å². The number of aliphatic carboxylic acids is 2. The fourth-order valence-electron chi connectivity index (χ4n) is 1.51. The summed E-state index contributed by atoms with van der Waals surface area (Å²) in [4.78, 5) is 42.9. The van der Waals surface area contributed by atoms with Crippen molar-refractivity contribution in [3.05, 3.63) is 0 Å². The van der Waals surface area contributed by atoms with Gasteiger partial charge in [0.25, 0.3) is 0 Å². The van der Waals surface area contributed by atoms with Gasteiger partial charge in [0, 0.05) is 10.8 Å². The Morgan fingerprint density at radius 1 is 0.652 bits per heavy atom. The molecule has 6 nitrogen and oxygen atoms in total. The first-order valence-electron chi connectivity index (χ1n) is 7.03. The van der Waals surface area contributed by atoms with E-state index < -0.39 is 34.6 Å². The van der Waals surface area contributed by atoms with Crippen molar-refractivity contribution >= 4 is 23.5 Å². The van der Waals surface area contributed by atoms with Crippen LogP contribution in [0.3, 0.4) is 0 Å². The van der Waals surface area contributed by atoms with Crippen LogP contribution in [0.4, 0.5) is 0 Å². The van der Waals surface area contributed by atoms with Crippen molar-refractivity contribution in [1.29, 1.82) is 0 Å². The van der Waals surface area contributed by atoms with E-state index in [2.05, 4.69) is 0 Å². The molecule has 2 unspecified atom stereocenters. The summed E-state index contributed by atoms with van der Waals surface area (Å²) in [6.07, 6.45) is 0. The minimum absolute atomic E-state index is 0. The molecule has 0 aliphatic heterocycles. The molecule has 0 bridgehead atoms. The third-order valence-corrected chi connectivity index (χ3v) is 2.97. The SMILES string of the molecule is CC(C(=O)[O-])C(=O)C(C)(C)C.CC(C(=O)[O-])C(=O)C(C)(C)C.[Ti+2]. The Kier molecular flexibility index (Phi) is 11.7. The fraction of sp³-hybridized carbons (Fsp3) is 0.750. The van der Waals surface area contributed by atoms with Crippen molar-refractivity contribution in [2.24, 2.45) is 22.7 Å². The van der Waals surface area contributed by atoms with Crippen molar-refractivity contribution in [1.82, 2.24) is 0 Å². The van der Waals surface area contributed by atoms with Crippen molar-refractivity contribution in [3.8, 4) is 0 Å². The van der Waals surface area contributed by atoms with Gasteiger partial charge in [-0.3, -0.25) is 9.59 Å². The maximum atomic E-state index is 11.2. The zero-order valence-corrected chi connectivity index (χ0v) is 16.7. The molecule has 0 aliphatic rings.